The summed E-state index contributed by atoms with van der Waals surface area (Å²) in [6, 6.07) is 10.5. The van der Waals surface area contributed by atoms with E-state index in [-0.39, 0.29) is 17.4 Å². The van der Waals surface area contributed by atoms with Crippen LogP contribution in [0, 0.1) is 6.92 Å². The van der Waals surface area contributed by atoms with Crippen molar-refractivity contribution in [2.45, 2.75) is 6.92 Å². The molecule has 0 aliphatic carbocycles. The van der Waals surface area contributed by atoms with Gasteiger partial charge < -0.3 is 10.6 Å². The summed E-state index contributed by atoms with van der Waals surface area (Å²) < 4.78 is 1.58. The van der Waals surface area contributed by atoms with Crippen molar-refractivity contribution in [2.75, 3.05) is 11.9 Å². The zero-order valence-electron chi connectivity index (χ0n) is 14.1. The standard InChI is InChI=1S/C19H17ClN4O2/c1-3-9-21-19(26)17-23-16(15-6-4-5-10-24(15)17)18(25)22-14-11-13(20)8-7-12(14)2/h3-8,10-11H,1,9H2,2H3,(H,21,26)(H,22,25). The van der Waals surface area contributed by atoms with Gasteiger partial charge in [0.05, 0.1) is 5.52 Å². The molecule has 2 heterocycles. The van der Waals surface area contributed by atoms with Gasteiger partial charge >= 0.3 is 0 Å². The Bertz CT molecular complexity index is 1010. The quantitative estimate of drug-likeness (QED) is 0.677. The fourth-order valence-electron chi connectivity index (χ4n) is 2.52. The molecule has 0 aliphatic rings. The van der Waals surface area contributed by atoms with Gasteiger partial charge in [0.25, 0.3) is 11.8 Å². The molecule has 132 valence electrons. The minimum atomic E-state index is -0.415. The molecule has 3 rings (SSSR count). The molecule has 0 spiro atoms. The molecule has 26 heavy (non-hydrogen) atoms. The third kappa shape index (κ3) is 3.45. The number of fused-ring (bicyclic) bond motifs is 1. The van der Waals surface area contributed by atoms with Gasteiger partial charge in [-0.05, 0) is 36.8 Å². The third-order valence-electron chi connectivity index (χ3n) is 3.82. The second-order valence-corrected chi connectivity index (χ2v) is 6.09. The highest BCUT2D eigenvalue weighted by Crippen LogP contribution is 2.22. The number of rotatable bonds is 5. The van der Waals surface area contributed by atoms with Crippen molar-refractivity contribution in [1.29, 1.82) is 0 Å². The Morgan fingerprint density at radius 1 is 1.27 bits per heavy atom. The number of nitrogens with zero attached hydrogens (tertiary/aromatic N) is 2. The molecule has 6 nitrogen and oxygen atoms in total. The fraction of sp³-hybridized carbons (Fsp3) is 0.105. The number of hydrogen-bond donors (Lipinski definition) is 2. The van der Waals surface area contributed by atoms with Gasteiger partial charge in [-0.2, -0.15) is 0 Å². The molecule has 2 N–H and O–H groups in total. The fourth-order valence-corrected chi connectivity index (χ4v) is 2.69. The van der Waals surface area contributed by atoms with E-state index in [0.717, 1.165) is 5.56 Å². The average molecular weight is 369 g/mol. The first-order chi connectivity index (χ1) is 12.5. The van der Waals surface area contributed by atoms with E-state index >= 15 is 0 Å². The molecule has 2 amide bonds. The predicted octanol–water partition coefficient (Wildman–Crippen LogP) is 3.46. The van der Waals surface area contributed by atoms with Crippen molar-refractivity contribution in [3.05, 3.63) is 77.4 Å². The van der Waals surface area contributed by atoms with Crippen molar-refractivity contribution >= 4 is 34.6 Å². The molecule has 0 bridgehead atoms. The van der Waals surface area contributed by atoms with E-state index in [1.54, 1.807) is 47.0 Å². The van der Waals surface area contributed by atoms with E-state index in [1.807, 2.05) is 13.0 Å². The van der Waals surface area contributed by atoms with E-state index in [4.69, 9.17) is 11.6 Å². The Labute approximate surface area is 155 Å². The smallest absolute Gasteiger partial charge is 0.287 e. The summed E-state index contributed by atoms with van der Waals surface area (Å²) in [6.45, 7) is 5.74. The van der Waals surface area contributed by atoms with Crippen LogP contribution < -0.4 is 10.6 Å². The van der Waals surface area contributed by atoms with Crippen molar-refractivity contribution < 1.29 is 9.59 Å². The number of amides is 2. The van der Waals surface area contributed by atoms with Crippen LogP contribution in [0.4, 0.5) is 5.69 Å². The Hall–Kier alpha value is -3.12. The molecule has 0 fully saturated rings. The lowest BCUT2D eigenvalue weighted by molar-refractivity contribution is 0.0947. The SMILES string of the molecule is C=CCNC(=O)c1nc(C(=O)Nc2cc(Cl)ccc2C)c2ccccn12. The molecule has 7 heteroatoms. The van der Waals surface area contributed by atoms with Crippen LogP contribution in [0.3, 0.4) is 0 Å². The molecule has 0 atom stereocenters. The Morgan fingerprint density at radius 3 is 2.85 bits per heavy atom. The largest absolute Gasteiger partial charge is 0.346 e. The number of hydrogen-bond acceptors (Lipinski definition) is 3. The number of halogens is 1. The van der Waals surface area contributed by atoms with Gasteiger partial charge in [-0.15, -0.1) is 6.58 Å². The second kappa shape index (κ2) is 7.41. The van der Waals surface area contributed by atoms with Crippen LogP contribution >= 0.6 is 11.6 Å². The second-order valence-electron chi connectivity index (χ2n) is 5.65. The zero-order valence-corrected chi connectivity index (χ0v) is 14.9. The van der Waals surface area contributed by atoms with Crippen LogP contribution in [-0.4, -0.2) is 27.7 Å². The van der Waals surface area contributed by atoms with Crippen LogP contribution in [0.1, 0.15) is 26.7 Å². The summed E-state index contributed by atoms with van der Waals surface area (Å²) in [5.74, 6) is -0.665. The summed E-state index contributed by atoms with van der Waals surface area (Å²) in [7, 11) is 0. The molecule has 3 aromatic rings. The van der Waals surface area contributed by atoms with E-state index < -0.39 is 5.91 Å². The number of anilines is 1. The van der Waals surface area contributed by atoms with Crippen LogP contribution in [0.15, 0.2) is 55.3 Å². The van der Waals surface area contributed by atoms with Gasteiger partial charge in [-0.3, -0.25) is 14.0 Å². The van der Waals surface area contributed by atoms with E-state index in [1.165, 1.54) is 0 Å². The van der Waals surface area contributed by atoms with Crippen molar-refractivity contribution in [3.8, 4) is 0 Å². The van der Waals surface area contributed by atoms with Crippen molar-refractivity contribution in [2.24, 2.45) is 0 Å². The first-order valence-electron chi connectivity index (χ1n) is 7.95. The zero-order chi connectivity index (χ0) is 18.7. The molecule has 0 radical (unpaired) electrons. The van der Waals surface area contributed by atoms with Crippen molar-refractivity contribution in [3.63, 3.8) is 0 Å². The molecule has 2 aromatic heterocycles. The molecule has 0 saturated heterocycles. The summed E-state index contributed by atoms with van der Waals surface area (Å²) >= 11 is 6.00. The minimum absolute atomic E-state index is 0.135. The molecular formula is C19H17ClN4O2. The van der Waals surface area contributed by atoms with Gasteiger partial charge in [0, 0.05) is 23.5 Å². The number of nitrogens with one attached hydrogen (secondary N) is 2. The number of carbonyl (C=O) groups is 2. The molecule has 1 aromatic carbocycles. The topological polar surface area (TPSA) is 75.5 Å². The van der Waals surface area contributed by atoms with Gasteiger partial charge in [-0.25, -0.2) is 4.98 Å². The number of aryl methyl sites for hydroxylation is 1. The maximum atomic E-state index is 12.8. The van der Waals surface area contributed by atoms with Gasteiger partial charge in [0.1, 0.15) is 0 Å². The third-order valence-corrected chi connectivity index (χ3v) is 4.06. The van der Waals surface area contributed by atoms with Crippen LogP contribution in [0.25, 0.3) is 5.52 Å². The van der Waals surface area contributed by atoms with Crippen molar-refractivity contribution in [1.82, 2.24) is 14.7 Å². The summed E-state index contributed by atoms with van der Waals surface area (Å²) in [4.78, 5) is 29.3. The van der Waals surface area contributed by atoms with Gasteiger partial charge in [0.2, 0.25) is 5.82 Å². The Kier molecular flexibility index (Phi) is 5.04. The predicted molar refractivity (Wildman–Crippen MR) is 102 cm³/mol. The number of carbonyl (C=O) groups excluding carboxylic acids is 2. The van der Waals surface area contributed by atoms with E-state index in [9.17, 15) is 9.59 Å². The van der Waals surface area contributed by atoms with Crippen LogP contribution in [0.5, 0.6) is 0 Å². The Balaban J connectivity index is 1.99. The lowest BCUT2D eigenvalue weighted by atomic mass is 10.2. The molecule has 0 aliphatic heterocycles. The number of imidazole rings is 1. The molecule has 0 unspecified atom stereocenters. The van der Waals surface area contributed by atoms with Gasteiger partial charge in [0.15, 0.2) is 5.69 Å². The molecular weight excluding hydrogens is 352 g/mol. The summed E-state index contributed by atoms with van der Waals surface area (Å²) in [5, 5.41) is 6.00. The summed E-state index contributed by atoms with van der Waals surface area (Å²) in [5.41, 5.74) is 2.16. The summed E-state index contributed by atoms with van der Waals surface area (Å²) in [6.07, 6.45) is 3.26. The lowest BCUT2D eigenvalue weighted by Crippen LogP contribution is -2.25. The Morgan fingerprint density at radius 2 is 2.08 bits per heavy atom. The lowest BCUT2D eigenvalue weighted by Gasteiger charge is -2.07. The maximum Gasteiger partial charge on any atom is 0.287 e. The normalized spacial score (nSPS) is 10.5. The number of benzene rings is 1. The highest BCUT2D eigenvalue weighted by atomic mass is 35.5. The highest BCUT2D eigenvalue weighted by Gasteiger charge is 2.21. The maximum absolute atomic E-state index is 12.8. The number of aromatic nitrogens is 2. The van der Waals surface area contributed by atoms with Crippen LogP contribution in [-0.2, 0) is 0 Å². The number of pyridine rings is 1. The van der Waals surface area contributed by atoms with E-state index in [0.29, 0.717) is 22.8 Å². The van der Waals surface area contributed by atoms with Crippen LogP contribution in [0.2, 0.25) is 5.02 Å². The molecule has 0 saturated carbocycles. The highest BCUT2D eigenvalue weighted by molar-refractivity contribution is 6.31. The minimum Gasteiger partial charge on any atom is -0.346 e. The van der Waals surface area contributed by atoms with Gasteiger partial charge in [-0.1, -0.05) is 29.8 Å². The first kappa shape index (κ1) is 17.7. The monoisotopic (exact) mass is 368 g/mol. The average Bonchev–Trinajstić information content (AvgIpc) is 3.02. The van der Waals surface area contributed by atoms with E-state index in [2.05, 4.69) is 22.2 Å². The first-order valence-corrected chi connectivity index (χ1v) is 8.32.